The minimum atomic E-state index is -0.637. The lowest BCUT2D eigenvalue weighted by Gasteiger charge is -2.47. The van der Waals surface area contributed by atoms with Crippen molar-refractivity contribution in [1.29, 1.82) is 0 Å². The molecule has 4 atom stereocenters. The van der Waals surface area contributed by atoms with E-state index in [1.807, 2.05) is 31.0 Å². The molecular formula is C25H29ClN4O3. The van der Waals surface area contributed by atoms with Crippen molar-refractivity contribution in [2.24, 2.45) is 5.92 Å². The number of hydrogen-bond acceptors (Lipinski definition) is 4. The van der Waals surface area contributed by atoms with Crippen LogP contribution in [0.2, 0.25) is 5.02 Å². The topological polar surface area (TPSA) is 90.5 Å². The molecule has 8 heteroatoms. The maximum Gasteiger partial charge on any atom is 0.326 e. The zero-order valence-corrected chi connectivity index (χ0v) is 19.8. The highest BCUT2D eigenvalue weighted by Gasteiger charge is 2.43. The molecule has 0 aliphatic carbocycles. The van der Waals surface area contributed by atoms with E-state index in [0.29, 0.717) is 28.2 Å². The highest BCUT2D eigenvalue weighted by atomic mass is 35.5. The molecule has 0 aromatic heterocycles. The van der Waals surface area contributed by atoms with Crippen molar-refractivity contribution in [3.63, 3.8) is 0 Å². The van der Waals surface area contributed by atoms with Crippen LogP contribution in [0.3, 0.4) is 0 Å². The van der Waals surface area contributed by atoms with Gasteiger partial charge in [-0.25, -0.2) is 4.79 Å². The number of carbonyl (C=O) groups is 3. The van der Waals surface area contributed by atoms with Gasteiger partial charge >= 0.3 is 6.03 Å². The Bertz CT molecular complexity index is 1070. The monoisotopic (exact) mass is 468 g/mol. The first-order valence-electron chi connectivity index (χ1n) is 11.2. The van der Waals surface area contributed by atoms with Gasteiger partial charge in [0.15, 0.2) is 0 Å². The van der Waals surface area contributed by atoms with E-state index in [1.165, 1.54) is 0 Å². The number of anilines is 1. The number of urea groups is 1. The van der Waals surface area contributed by atoms with Crippen molar-refractivity contribution in [3.05, 3.63) is 64.2 Å². The van der Waals surface area contributed by atoms with Gasteiger partial charge in [0.25, 0.3) is 5.91 Å². The Kier molecular flexibility index (Phi) is 6.72. The third-order valence-electron chi connectivity index (χ3n) is 6.80. The molecule has 0 saturated carbocycles. The van der Waals surface area contributed by atoms with Crippen LogP contribution in [-0.4, -0.2) is 48.4 Å². The number of halogens is 1. The van der Waals surface area contributed by atoms with Crippen molar-refractivity contribution in [2.75, 3.05) is 18.9 Å². The number of benzene rings is 2. The molecular weight excluding hydrogens is 440 g/mol. The fourth-order valence-electron chi connectivity index (χ4n) is 4.95. The average Bonchev–Trinajstić information content (AvgIpc) is 2.78. The summed E-state index contributed by atoms with van der Waals surface area (Å²) in [6.45, 7) is 5.03. The number of amides is 4. The molecule has 2 aromatic carbocycles. The van der Waals surface area contributed by atoms with Gasteiger partial charge in [-0.1, -0.05) is 17.7 Å². The molecule has 0 radical (unpaired) electrons. The van der Waals surface area contributed by atoms with Gasteiger partial charge in [-0.3, -0.25) is 14.9 Å². The average molecular weight is 469 g/mol. The molecule has 2 aliphatic rings. The Morgan fingerprint density at radius 2 is 1.85 bits per heavy atom. The number of fused-ring (bicyclic) bond motifs is 1. The normalized spacial score (nSPS) is 24.7. The zero-order chi connectivity index (χ0) is 23.7. The van der Waals surface area contributed by atoms with E-state index in [2.05, 4.69) is 22.9 Å². The molecule has 2 fully saturated rings. The molecule has 2 saturated heterocycles. The molecule has 2 heterocycles. The molecule has 7 nitrogen and oxygen atoms in total. The molecule has 2 aromatic rings. The van der Waals surface area contributed by atoms with Crippen molar-refractivity contribution < 1.29 is 14.4 Å². The first kappa shape index (κ1) is 23.3. The van der Waals surface area contributed by atoms with Crippen LogP contribution in [0.4, 0.5) is 10.5 Å². The van der Waals surface area contributed by atoms with Gasteiger partial charge in [0, 0.05) is 41.9 Å². The van der Waals surface area contributed by atoms with Gasteiger partial charge in [0.05, 0.1) is 5.92 Å². The Labute approximate surface area is 198 Å². The number of nitrogens with one attached hydrogen (secondary N) is 3. The molecule has 4 unspecified atom stereocenters. The van der Waals surface area contributed by atoms with Crippen LogP contribution in [-0.2, 0) is 4.79 Å². The number of hydrogen-bond donors (Lipinski definition) is 3. The summed E-state index contributed by atoms with van der Waals surface area (Å²) in [5, 5.41) is 9.08. The number of rotatable bonds is 3. The van der Waals surface area contributed by atoms with Crippen LogP contribution < -0.4 is 16.0 Å². The fourth-order valence-corrected chi connectivity index (χ4v) is 5.07. The van der Waals surface area contributed by atoms with E-state index in [9.17, 15) is 14.4 Å². The van der Waals surface area contributed by atoms with Crippen LogP contribution in [0.5, 0.6) is 0 Å². The van der Waals surface area contributed by atoms with Gasteiger partial charge in [0.1, 0.15) is 0 Å². The largest absolute Gasteiger partial charge is 0.342 e. The quantitative estimate of drug-likeness (QED) is 0.636. The smallest absolute Gasteiger partial charge is 0.326 e. The molecule has 0 bridgehead atoms. The number of likely N-dealkylation sites (N-methyl/N-ethyl adjacent to an activating group) is 1. The highest BCUT2D eigenvalue weighted by molar-refractivity contribution is 6.30. The zero-order valence-electron chi connectivity index (χ0n) is 19.0. The Morgan fingerprint density at radius 1 is 1.12 bits per heavy atom. The molecule has 2 aliphatic heterocycles. The molecule has 4 amide bonds. The summed E-state index contributed by atoms with van der Waals surface area (Å²) in [4.78, 5) is 39.9. The summed E-state index contributed by atoms with van der Waals surface area (Å²) in [5.41, 5.74) is 2.77. The van der Waals surface area contributed by atoms with Crippen molar-refractivity contribution >= 4 is 35.1 Å². The van der Waals surface area contributed by atoms with Gasteiger partial charge < -0.3 is 15.5 Å². The number of imide groups is 1. The number of nitrogens with zero attached hydrogens (tertiary/aromatic N) is 1. The van der Waals surface area contributed by atoms with Crippen LogP contribution in [0.1, 0.15) is 47.2 Å². The van der Waals surface area contributed by atoms with E-state index in [-0.39, 0.29) is 17.9 Å². The summed E-state index contributed by atoms with van der Waals surface area (Å²) in [7, 11) is 1.90. The van der Waals surface area contributed by atoms with Gasteiger partial charge in [0.2, 0.25) is 5.91 Å². The lowest BCUT2D eigenvalue weighted by Crippen LogP contribution is -2.57. The molecule has 0 spiro atoms. The number of carbonyl (C=O) groups excluding carboxylic acids is 3. The maximum absolute atomic E-state index is 13.3. The van der Waals surface area contributed by atoms with Crippen LogP contribution in [0, 0.1) is 12.8 Å². The first-order valence-corrected chi connectivity index (χ1v) is 11.6. The second kappa shape index (κ2) is 9.53. The summed E-state index contributed by atoms with van der Waals surface area (Å²) in [6.07, 6.45) is 1.74. The summed E-state index contributed by atoms with van der Waals surface area (Å²) in [6, 6.07) is 11.8. The second-order valence-electron chi connectivity index (χ2n) is 9.10. The minimum Gasteiger partial charge on any atom is -0.342 e. The Balaban J connectivity index is 1.47. The Morgan fingerprint density at radius 3 is 2.58 bits per heavy atom. The molecule has 4 rings (SSSR count). The van der Waals surface area contributed by atoms with Gasteiger partial charge in [-0.05, 0) is 80.1 Å². The predicted molar refractivity (Wildman–Crippen MR) is 129 cm³/mol. The lowest BCUT2D eigenvalue weighted by molar-refractivity contribution is -0.140. The SMILES string of the molecule is Cc1ccc(NC(=O)NC(=O)c2ccc(Cl)cc2)cc1C1CC2CNC(C)CC2N(C)C1=O. The predicted octanol–water partition coefficient (Wildman–Crippen LogP) is 3.92. The second-order valence-corrected chi connectivity index (χ2v) is 9.53. The van der Waals surface area contributed by atoms with Crippen molar-refractivity contribution in [3.8, 4) is 0 Å². The molecule has 33 heavy (non-hydrogen) atoms. The van der Waals surface area contributed by atoms with Gasteiger partial charge in [-0.15, -0.1) is 0 Å². The van der Waals surface area contributed by atoms with E-state index in [0.717, 1.165) is 30.5 Å². The lowest BCUT2D eigenvalue weighted by atomic mass is 9.75. The van der Waals surface area contributed by atoms with E-state index in [4.69, 9.17) is 11.6 Å². The molecule has 3 N–H and O–H groups in total. The third-order valence-corrected chi connectivity index (χ3v) is 7.05. The van der Waals surface area contributed by atoms with Crippen LogP contribution >= 0.6 is 11.6 Å². The number of piperidine rings is 2. The minimum absolute atomic E-state index is 0.118. The number of likely N-dealkylation sites (tertiary alicyclic amines) is 1. The fraction of sp³-hybridized carbons (Fsp3) is 0.400. The standard InChI is InChI=1S/C25H29ClN4O3/c1-14-4-9-19(28-25(33)29-23(31)16-5-7-18(26)8-6-16)12-20(14)21-11-17-13-27-15(2)10-22(17)30(3)24(21)32/h4-9,12,15,17,21-22,27H,10-11,13H2,1-3H3,(H2,28,29,31,33). The number of aryl methyl sites for hydroxylation is 1. The van der Waals surface area contributed by atoms with E-state index < -0.39 is 11.9 Å². The van der Waals surface area contributed by atoms with E-state index in [1.54, 1.807) is 30.3 Å². The van der Waals surface area contributed by atoms with Gasteiger partial charge in [-0.2, -0.15) is 0 Å². The molecule has 174 valence electrons. The van der Waals surface area contributed by atoms with E-state index >= 15 is 0 Å². The summed E-state index contributed by atoms with van der Waals surface area (Å²) in [5.74, 6) is -0.268. The van der Waals surface area contributed by atoms with Crippen LogP contribution in [0.15, 0.2) is 42.5 Å². The first-order chi connectivity index (χ1) is 15.7. The van der Waals surface area contributed by atoms with Crippen molar-refractivity contribution in [2.45, 2.75) is 44.7 Å². The third kappa shape index (κ3) is 5.04. The highest BCUT2D eigenvalue weighted by Crippen LogP contribution is 2.39. The Hall–Kier alpha value is -2.90. The van der Waals surface area contributed by atoms with Crippen LogP contribution in [0.25, 0.3) is 0 Å². The maximum atomic E-state index is 13.3. The summed E-state index contributed by atoms with van der Waals surface area (Å²) < 4.78 is 0. The van der Waals surface area contributed by atoms with Crippen molar-refractivity contribution in [1.82, 2.24) is 15.5 Å². The summed E-state index contributed by atoms with van der Waals surface area (Å²) >= 11 is 5.84.